The highest BCUT2D eigenvalue weighted by Crippen LogP contribution is 2.36. The quantitative estimate of drug-likeness (QED) is 0.663. The van der Waals surface area contributed by atoms with Gasteiger partial charge in [0.25, 0.3) is 0 Å². The van der Waals surface area contributed by atoms with Gasteiger partial charge in [0.1, 0.15) is 0 Å². The first-order chi connectivity index (χ1) is 6.27. The van der Waals surface area contributed by atoms with E-state index in [2.05, 4.69) is 33.8 Å². The predicted octanol–water partition coefficient (Wildman–Crippen LogP) is 2.80. The maximum atomic E-state index is 12.1. The Hall–Kier alpha value is -0.790. The van der Waals surface area contributed by atoms with Gasteiger partial charge in [0.15, 0.2) is 0 Å². The molecule has 0 aromatic rings. The Morgan fingerprint density at radius 3 is 2.00 bits per heavy atom. The molecule has 1 amide bonds. The Morgan fingerprint density at radius 2 is 1.71 bits per heavy atom. The monoisotopic (exact) mass is 195 g/mol. The molecule has 0 bridgehead atoms. The van der Waals surface area contributed by atoms with Gasteiger partial charge in [0.05, 0.1) is 5.41 Å². The minimum atomic E-state index is -0.316. The van der Waals surface area contributed by atoms with E-state index in [1.165, 1.54) is 5.70 Å². The van der Waals surface area contributed by atoms with Crippen molar-refractivity contribution in [3.8, 4) is 0 Å². The molecule has 0 aromatic carbocycles. The summed E-state index contributed by atoms with van der Waals surface area (Å²) < 4.78 is 0. The third kappa shape index (κ3) is 1.70. The van der Waals surface area contributed by atoms with Crippen LogP contribution in [0.3, 0.4) is 0 Å². The lowest BCUT2D eigenvalue weighted by Crippen LogP contribution is -2.38. The summed E-state index contributed by atoms with van der Waals surface area (Å²) in [6.45, 7) is 12.4. The van der Waals surface area contributed by atoms with Gasteiger partial charge in [0, 0.05) is 11.7 Å². The van der Waals surface area contributed by atoms with Gasteiger partial charge in [-0.2, -0.15) is 0 Å². The van der Waals surface area contributed by atoms with Crippen LogP contribution in [0.15, 0.2) is 11.8 Å². The Balaban J connectivity index is 3.08. The molecule has 0 saturated heterocycles. The molecule has 1 rings (SSSR count). The average Bonchev–Trinajstić information content (AvgIpc) is 2.23. The van der Waals surface area contributed by atoms with Crippen molar-refractivity contribution in [3.05, 3.63) is 11.8 Å². The summed E-state index contributed by atoms with van der Waals surface area (Å²) in [6, 6.07) is 0.262. The molecule has 0 unspecified atom stereocenters. The summed E-state index contributed by atoms with van der Waals surface area (Å²) in [6.07, 6.45) is 2.11. The summed E-state index contributed by atoms with van der Waals surface area (Å²) >= 11 is 0. The lowest BCUT2D eigenvalue weighted by Gasteiger charge is -2.28. The summed E-state index contributed by atoms with van der Waals surface area (Å²) in [5.74, 6) is 0.652. The van der Waals surface area contributed by atoms with Crippen molar-refractivity contribution in [1.29, 1.82) is 0 Å². The second-order valence-electron chi connectivity index (χ2n) is 5.21. The van der Waals surface area contributed by atoms with Gasteiger partial charge >= 0.3 is 0 Å². The van der Waals surface area contributed by atoms with Crippen LogP contribution in [0.2, 0.25) is 0 Å². The molecule has 2 nitrogen and oxygen atoms in total. The zero-order chi connectivity index (χ0) is 11.1. The molecule has 80 valence electrons. The number of carbonyl (C=O) groups excluding carboxylic acids is 1. The molecular weight excluding hydrogens is 174 g/mol. The molecule has 1 aliphatic heterocycles. The lowest BCUT2D eigenvalue weighted by atomic mass is 9.93. The number of nitrogens with zero attached hydrogens (tertiary/aromatic N) is 1. The number of rotatable bonds is 2. The fraction of sp³-hybridized carbons (Fsp3) is 0.750. The number of hydrogen-bond acceptors (Lipinski definition) is 1. The first-order valence-electron chi connectivity index (χ1n) is 5.33. The Kier molecular flexibility index (Phi) is 2.75. The van der Waals surface area contributed by atoms with Crippen LogP contribution in [0.25, 0.3) is 0 Å². The SMILES string of the molecule is CC(C)C1=CC(C)(C)C(=O)N1C(C)C. The van der Waals surface area contributed by atoms with E-state index in [-0.39, 0.29) is 17.4 Å². The zero-order valence-corrected chi connectivity index (χ0v) is 10.1. The van der Waals surface area contributed by atoms with Crippen LogP contribution in [0.5, 0.6) is 0 Å². The summed E-state index contributed by atoms with van der Waals surface area (Å²) in [4.78, 5) is 14.0. The zero-order valence-electron chi connectivity index (χ0n) is 10.1. The summed E-state index contributed by atoms with van der Waals surface area (Å²) in [7, 11) is 0. The topological polar surface area (TPSA) is 20.3 Å². The van der Waals surface area contributed by atoms with E-state index in [0.29, 0.717) is 5.92 Å². The fourth-order valence-electron chi connectivity index (χ4n) is 1.91. The van der Waals surface area contributed by atoms with Crippen LogP contribution in [0.1, 0.15) is 41.5 Å². The highest BCUT2D eigenvalue weighted by Gasteiger charge is 2.40. The molecule has 0 saturated carbocycles. The maximum absolute atomic E-state index is 12.1. The Morgan fingerprint density at radius 1 is 1.21 bits per heavy atom. The summed E-state index contributed by atoms with van der Waals surface area (Å²) in [5.41, 5.74) is 0.860. The van der Waals surface area contributed by atoms with Crippen LogP contribution >= 0.6 is 0 Å². The van der Waals surface area contributed by atoms with E-state index in [9.17, 15) is 4.79 Å². The molecule has 14 heavy (non-hydrogen) atoms. The minimum absolute atomic E-state index is 0.233. The predicted molar refractivity (Wildman–Crippen MR) is 58.7 cm³/mol. The van der Waals surface area contributed by atoms with Crippen molar-refractivity contribution in [1.82, 2.24) is 4.90 Å². The van der Waals surface area contributed by atoms with Gasteiger partial charge in [-0.1, -0.05) is 13.8 Å². The highest BCUT2D eigenvalue weighted by molar-refractivity contribution is 5.88. The number of allylic oxidation sites excluding steroid dienone is 1. The largest absolute Gasteiger partial charge is 0.313 e. The lowest BCUT2D eigenvalue weighted by molar-refractivity contribution is -0.135. The van der Waals surface area contributed by atoms with Gasteiger partial charge in [-0.05, 0) is 39.7 Å². The van der Waals surface area contributed by atoms with Gasteiger partial charge in [-0.25, -0.2) is 0 Å². The minimum Gasteiger partial charge on any atom is -0.313 e. The van der Waals surface area contributed by atoms with Crippen LogP contribution in [0, 0.1) is 11.3 Å². The van der Waals surface area contributed by atoms with E-state index in [1.807, 2.05) is 18.7 Å². The van der Waals surface area contributed by atoms with Crippen molar-refractivity contribution < 1.29 is 4.79 Å². The maximum Gasteiger partial charge on any atom is 0.236 e. The second-order valence-corrected chi connectivity index (χ2v) is 5.21. The van der Waals surface area contributed by atoms with Gasteiger partial charge in [-0.15, -0.1) is 0 Å². The number of carbonyl (C=O) groups is 1. The first-order valence-corrected chi connectivity index (χ1v) is 5.33. The van der Waals surface area contributed by atoms with E-state index >= 15 is 0 Å². The van der Waals surface area contributed by atoms with E-state index in [4.69, 9.17) is 0 Å². The smallest absolute Gasteiger partial charge is 0.236 e. The third-order valence-electron chi connectivity index (χ3n) is 2.66. The Bertz CT molecular complexity index is 274. The van der Waals surface area contributed by atoms with E-state index in [0.717, 1.165) is 0 Å². The molecule has 0 N–H and O–H groups in total. The standard InChI is InChI=1S/C12H21NO/c1-8(2)10-7-12(5,6)11(14)13(10)9(3)4/h7-9H,1-6H3. The molecule has 1 heterocycles. The molecule has 1 aliphatic rings. The molecule has 0 aliphatic carbocycles. The molecule has 0 fully saturated rings. The highest BCUT2D eigenvalue weighted by atomic mass is 16.2. The average molecular weight is 195 g/mol. The molecule has 0 spiro atoms. The number of amides is 1. The van der Waals surface area contributed by atoms with E-state index in [1.54, 1.807) is 0 Å². The van der Waals surface area contributed by atoms with Crippen LogP contribution < -0.4 is 0 Å². The van der Waals surface area contributed by atoms with Crippen molar-refractivity contribution >= 4 is 5.91 Å². The Labute approximate surface area is 87.0 Å². The van der Waals surface area contributed by atoms with E-state index < -0.39 is 0 Å². The van der Waals surface area contributed by atoms with Crippen molar-refractivity contribution in [3.63, 3.8) is 0 Å². The van der Waals surface area contributed by atoms with Crippen LogP contribution in [-0.2, 0) is 4.79 Å². The van der Waals surface area contributed by atoms with Crippen molar-refractivity contribution in [2.75, 3.05) is 0 Å². The number of hydrogen-bond donors (Lipinski definition) is 0. The van der Waals surface area contributed by atoms with Gasteiger partial charge < -0.3 is 4.90 Å². The first kappa shape index (κ1) is 11.3. The fourth-order valence-corrected chi connectivity index (χ4v) is 1.91. The second kappa shape index (κ2) is 3.41. The molecular formula is C12H21NO. The van der Waals surface area contributed by atoms with Gasteiger partial charge in [0.2, 0.25) is 5.91 Å². The normalized spacial score (nSPS) is 21.0. The molecule has 2 heteroatoms. The van der Waals surface area contributed by atoms with Crippen molar-refractivity contribution in [2.45, 2.75) is 47.6 Å². The van der Waals surface area contributed by atoms with Gasteiger partial charge in [-0.3, -0.25) is 4.79 Å². The van der Waals surface area contributed by atoms with Crippen molar-refractivity contribution in [2.24, 2.45) is 11.3 Å². The molecule has 0 radical (unpaired) electrons. The molecule has 0 atom stereocenters. The molecule has 0 aromatic heterocycles. The third-order valence-corrected chi connectivity index (χ3v) is 2.66. The van der Waals surface area contributed by atoms with Crippen LogP contribution in [-0.4, -0.2) is 16.8 Å². The summed E-state index contributed by atoms with van der Waals surface area (Å²) in [5, 5.41) is 0. The van der Waals surface area contributed by atoms with Crippen LogP contribution in [0.4, 0.5) is 0 Å².